The van der Waals surface area contributed by atoms with E-state index < -0.39 is 17.4 Å². The van der Waals surface area contributed by atoms with Gasteiger partial charge in [-0.3, -0.25) is 9.48 Å². The summed E-state index contributed by atoms with van der Waals surface area (Å²) in [5.74, 6) is -1.06. The number of amides is 1. The second-order valence-corrected chi connectivity index (χ2v) is 7.20. The zero-order chi connectivity index (χ0) is 16.0. The molecule has 1 aromatic rings. The quantitative estimate of drug-likeness (QED) is 0.890. The average Bonchev–Trinajstić information content (AvgIpc) is 3.05. The van der Waals surface area contributed by atoms with Crippen LogP contribution in [0.1, 0.15) is 69.6 Å². The predicted molar refractivity (Wildman–Crippen MR) is 78.4 cm³/mol. The summed E-state index contributed by atoms with van der Waals surface area (Å²) in [5.41, 5.74) is -0.192. The van der Waals surface area contributed by atoms with Crippen molar-refractivity contribution in [3.8, 4) is 0 Å². The molecule has 0 radical (unpaired) electrons. The van der Waals surface area contributed by atoms with Gasteiger partial charge in [-0.1, -0.05) is 0 Å². The number of carboxylic acids is 1. The molecule has 0 saturated heterocycles. The molecule has 2 N–H and O–H groups in total. The molecule has 0 aliphatic heterocycles. The predicted octanol–water partition coefficient (Wildman–Crippen LogP) is 2.11. The molecule has 1 aliphatic carbocycles. The molecule has 0 atom stereocenters. The molecule has 6 nitrogen and oxygen atoms in total. The number of carbonyl (C=O) groups excluding carboxylic acids is 1. The molecule has 1 aromatic heterocycles. The van der Waals surface area contributed by atoms with Gasteiger partial charge in [0.2, 0.25) is 0 Å². The molecule has 0 bridgehead atoms. The number of carboxylic acid groups (broad SMARTS) is 1. The molecule has 0 aromatic carbocycles. The van der Waals surface area contributed by atoms with Crippen LogP contribution in [0.4, 0.5) is 0 Å². The number of aliphatic carboxylic acids is 1. The van der Waals surface area contributed by atoms with Gasteiger partial charge < -0.3 is 10.4 Å². The van der Waals surface area contributed by atoms with E-state index in [1.807, 2.05) is 25.5 Å². The van der Waals surface area contributed by atoms with Gasteiger partial charge in [0, 0.05) is 11.6 Å². The standard InChI is InChI=1S/C15H23N3O3/c1-14(2,3)18-11(9-6-7-9)8-10(17-18)12(19)16-15(4,5)13(20)21/h8-9H,6-7H2,1-5H3,(H,16,19)(H,20,21). The van der Waals surface area contributed by atoms with Crippen LogP contribution in [0.2, 0.25) is 0 Å². The second-order valence-electron chi connectivity index (χ2n) is 7.20. The third-order valence-electron chi connectivity index (χ3n) is 3.56. The lowest BCUT2D eigenvalue weighted by atomic mass is 10.1. The summed E-state index contributed by atoms with van der Waals surface area (Å²) < 4.78 is 1.88. The summed E-state index contributed by atoms with van der Waals surface area (Å²) in [6.45, 7) is 9.02. The van der Waals surface area contributed by atoms with Gasteiger partial charge in [-0.25, -0.2) is 4.79 Å². The summed E-state index contributed by atoms with van der Waals surface area (Å²) in [4.78, 5) is 23.3. The van der Waals surface area contributed by atoms with Gasteiger partial charge in [0.15, 0.2) is 5.69 Å². The Hall–Kier alpha value is -1.85. The third kappa shape index (κ3) is 3.25. The minimum absolute atomic E-state index is 0.210. The molecular formula is C15H23N3O3. The maximum atomic E-state index is 12.2. The number of nitrogens with one attached hydrogen (secondary N) is 1. The molecule has 1 fully saturated rings. The van der Waals surface area contributed by atoms with Crippen LogP contribution in [-0.4, -0.2) is 32.3 Å². The van der Waals surface area contributed by atoms with Crippen molar-refractivity contribution >= 4 is 11.9 Å². The molecule has 21 heavy (non-hydrogen) atoms. The van der Waals surface area contributed by atoms with Crippen molar-refractivity contribution in [3.63, 3.8) is 0 Å². The number of aromatic nitrogens is 2. The number of nitrogens with zero attached hydrogens (tertiary/aromatic N) is 2. The lowest BCUT2D eigenvalue weighted by Crippen LogP contribution is -2.49. The molecular weight excluding hydrogens is 270 g/mol. The Morgan fingerprint density at radius 3 is 2.29 bits per heavy atom. The minimum atomic E-state index is -1.32. The van der Waals surface area contributed by atoms with E-state index in [0.717, 1.165) is 18.5 Å². The Labute approximate surface area is 124 Å². The fourth-order valence-electron chi connectivity index (χ4n) is 2.12. The summed E-state index contributed by atoms with van der Waals surface area (Å²) in [7, 11) is 0. The van der Waals surface area contributed by atoms with Gasteiger partial charge in [0.1, 0.15) is 5.54 Å². The minimum Gasteiger partial charge on any atom is -0.480 e. The Kier molecular flexibility index (Phi) is 3.59. The highest BCUT2D eigenvalue weighted by molar-refractivity contribution is 5.96. The van der Waals surface area contributed by atoms with Crippen LogP contribution in [0, 0.1) is 0 Å². The van der Waals surface area contributed by atoms with Gasteiger partial charge in [-0.15, -0.1) is 0 Å². The van der Waals surface area contributed by atoms with E-state index >= 15 is 0 Å². The van der Waals surface area contributed by atoms with Gasteiger partial charge in [-0.2, -0.15) is 5.10 Å². The van der Waals surface area contributed by atoms with Crippen molar-refractivity contribution in [1.82, 2.24) is 15.1 Å². The molecule has 1 saturated carbocycles. The van der Waals surface area contributed by atoms with Crippen molar-refractivity contribution in [1.29, 1.82) is 0 Å². The average molecular weight is 293 g/mol. The normalized spacial score (nSPS) is 15.9. The van der Waals surface area contributed by atoms with E-state index in [1.165, 1.54) is 13.8 Å². The van der Waals surface area contributed by atoms with Crippen LogP contribution < -0.4 is 5.32 Å². The highest BCUT2D eigenvalue weighted by Gasteiger charge is 2.34. The molecule has 1 amide bonds. The summed E-state index contributed by atoms with van der Waals surface area (Å²) in [6.07, 6.45) is 2.23. The van der Waals surface area contributed by atoms with Gasteiger partial charge >= 0.3 is 5.97 Å². The molecule has 6 heteroatoms. The Bertz CT molecular complexity index is 577. The molecule has 0 unspecified atom stereocenters. The first kappa shape index (κ1) is 15.5. The molecule has 0 spiro atoms. The van der Waals surface area contributed by atoms with Gasteiger partial charge in [0.25, 0.3) is 5.91 Å². The topological polar surface area (TPSA) is 84.2 Å². The van der Waals surface area contributed by atoms with Crippen molar-refractivity contribution in [2.24, 2.45) is 0 Å². The fraction of sp³-hybridized carbons (Fsp3) is 0.667. The fourth-order valence-corrected chi connectivity index (χ4v) is 2.12. The maximum absolute atomic E-state index is 12.2. The molecule has 116 valence electrons. The summed E-state index contributed by atoms with van der Waals surface area (Å²) >= 11 is 0. The monoisotopic (exact) mass is 293 g/mol. The van der Waals surface area contributed by atoms with E-state index in [0.29, 0.717) is 5.92 Å². The van der Waals surface area contributed by atoms with E-state index in [-0.39, 0.29) is 11.2 Å². The van der Waals surface area contributed by atoms with Crippen molar-refractivity contribution < 1.29 is 14.7 Å². The van der Waals surface area contributed by atoms with E-state index in [1.54, 1.807) is 6.07 Å². The summed E-state index contributed by atoms with van der Waals surface area (Å²) in [5, 5.41) is 16.0. The Balaban J connectivity index is 2.29. The maximum Gasteiger partial charge on any atom is 0.328 e. The molecule has 2 rings (SSSR count). The number of carbonyl (C=O) groups is 2. The Morgan fingerprint density at radius 2 is 1.86 bits per heavy atom. The van der Waals surface area contributed by atoms with Crippen molar-refractivity contribution in [3.05, 3.63) is 17.5 Å². The van der Waals surface area contributed by atoms with Gasteiger partial charge in [0.05, 0.1) is 5.54 Å². The van der Waals surface area contributed by atoms with Crippen molar-refractivity contribution in [2.45, 2.75) is 64.5 Å². The van der Waals surface area contributed by atoms with Crippen LogP contribution in [0.25, 0.3) is 0 Å². The molecule has 1 heterocycles. The van der Waals surface area contributed by atoms with Crippen LogP contribution in [0.5, 0.6) is 0 Å². The highest BCUT2D eigenvalue weighted by atomic mass is 16.4. The number of rotatable bonds is 4. The Morgan fingerprint density at radius 1 is 1.29 bits per heavy atom. The van der Waals surface area contributed by atoms with Gasteiger partial charge in [-0.05, 0) is 53.5 Å². The first-order chi connectivity index (χ1) is 9.52. The zero-order valence-electron chi connectivity index (χ0n) is 13.2. The SMILES string of the molecule is CC(C)(NC(=O)c1cc(C2CC2)n(C(C)(C)C)n1)C(=O)O. The third-order valence-corrected chi connectivity index (χ3v) is 3.56. The van der Waals surface area contributed by atoms with Crippen LogP contribution in [0.15, 0.2) is 6.07 Å². The van der Waals surface area contributed by atoms with E-state index in [9.17, 15) is 9.59 Å². The molecule has 1 aliphatic rings. The highest BCUT2D eigenvalue weighted by Crippen LogP contribution is 2.41. The second kappa shape index (κ2) is 4.86. The number of hydrogen-bond acceptors (Lipinski definition) is 3. The first-order valence-electron chi connectivity index (χ1n) is 7.19. The lowest BCUT2D eigenvalue weighted by Gasteiger charge is -2.22. The first-order valence-corrected chi connectivity index (χ1v) is 7.19. The van der Waals surface area contributed by atoms with Crippen molar-refractivity contribution in [2.75, 3.05) is 0 Å². The van der Waals surface area contributed by atoms with E-state index in [4.69, 9.17) is 5.11 Å². The number of hydrogen-bond donors (Lipinski definition) is 2. The van der Waals surface area contributed by atoms with Crippen LogP contribution >= 0.6 is 0 Å². The lowest BCUT2D eigenvalue weighted by molar-refractivity contribution is -0.143. The van der Waals surface area contributed by atoms with E-state index in [2.05, 4.69) is 10.4 Å². The summed E-state index contributed by atoms with van der Waals surface area (Å²) in [6, 6.07) is 1.79. The zero-order valence-corrected chi connectivity index (χ0v) is 13.2. The van der Waals surface area contributed by atoms with Crippen LogP contribution in [0.3, 0.4) is 0 Å². The van der Waals surface area contributed by atoms with Crippen LogP contribution in [-0.2, 0) is 10.3 Å². The largest absolute Gasteiger partial charge is 0.480 e. The smallest absolute Gasteiger partial charge is 0.328 e.